The molecule has 1 aliphatic rings. The highest BCUT2D eigenvalue weighted by molar-refractivity contribution is 5.79. The van der Waals surface area contributed by atoms with Crippen LogP contribution in [0.4, 0.5) is 0 Å². The first-order valence-electron chi connectivity index (χ1n) is 5.02. The van der Waals surface area contributed by atoms with Crippen molar-refractivity contribution in [2.45, 2.75) is 25.8 Å². The van der Waals surface area contributed by atoms with E-state index in [-0.39, 0.29) is 0 Å². The fraction of sp³-hybridized carbons (Fsp3) is 0.889. The number of ether oxygens (including phenoxy) is 1. The molecule has 0 aromatic rings. The van der Waals surface area contributed by atoms with Gasteiger partial charge in [-0.1, -0.05) is 6.92 Å². The minimum Gasteiger partial charge on any atom is -0.383 e. The summed E-state index contributed by atoms with van der Waals surface area (Å²) in [6.07, 6.45) is 2.40. The number of nitrogens with one attached hydrogen (secondary N) is 2. The number of nitrogens with zero attached hydrogens (tertiary/aromatic N) is 1. The summed E-state index contributed by atoms with van der Waals surface area (Å²) >= 11 is 0. The minimum atomic E-state index is 0.530. The van der Waals surface area contributed by atoms with Crippen LogP contribution in [0.15, 0.2) is 4.99 Å². The summed E-state index contributed by atoms with van der Waals surface area (Å²) in [7, 11) is 1.66. The van der Waals surface area contributed by atoms with Crippen molar-refractivity contribution < 1.29 is 4.74 Å². The van der Waals surface area contributed by atoms with Gasteiger partial charge in [-0.25, -0.2) is 10.8 Å². The topological polar surface area (TPSA) is 71.7 Å². The second-order valence-corrected chi connectivity index (χ2v) is 3.79. The number of hydrazine groups is 1. The third kappa shape index (κ3) is 3.51. The number of rotatable bonds is 4. The van der Waals surface area contributed by atoms with Crippen LogP contribution in [0.25, 0.3) is 0 Å². The number of hydrogen-bond donors (Lipinski definition) is 3. The van der Waals surface area contributed by atoms with E-state index >= 15 is 0 Å². The Kier molecular flexibility index (Phi) is 4.69. The van der Waals surface area contributed by atoms with Gasteiger partial charge in [-0.2, -0.15) is 0 Å². The lowest BCUT2D eigenvalue weighted by atomic mass is 9.82. The second kappa shape index (κ2) is 5.82. The summed E-state index contributed by atoms with van der Waals surface area (Å²) in [5.74, 6) is 6.82. The Bertz CT molecular complexity index is 189. The van der Waals surface area contributed by atoms with Gasteiger partial charge in [0.1, 0.15) is 0 Å². The maximum Gasteiger partial charge on any atom is 0.206 e. The third-order valence-electron chi connectivity index (χ3n) is 2.42. The van der Waals surface area contributed by atoms with Gasteiger partial charge in [-0.05, 0) is 18.8 Å². The van der Waals surface area contributed by atoms with E-state index in [1.54, 1.807) is 7.11 Å². The molecule has 0 amide bonds. The van der Waals surface area contributed by atoms with Crippen molar-refractivity contribution in [2.75, 3.05) is 20.3 Å². The van der Waals surface area contributed by atoms with E-state index < -0.39 is 0 Å². The molecule has 1 rings (SSSR count). The molecule has 82 valence electrons. The molecule has 0 bridgehead atoms. The van der Waals surface area contributed by atoms with Gasteiger partial charge in [0.25, 0.3) is 0 Å². The standard InChI is InChI=1S/C9H20N4O/c1-7-5-8(6-7)12-9(13-10)11-3-4-14-2/h7-8H,3-6,10H2,1-2H3,(H2,11,12,13). The maximum atomic E-state index is 5.33. The van der Waals surface area contributed by atoms with Crippen molar-refractivity contribution in [3.63, 3.8) is 0 Å². The predicted molar refractivity (Wildman–Crippen MR) is 56.8 cm³/mol. The van der Waals surface area contributed by atoms with Gasteiger partial charge in [-0.3, -0.25) is 5.43 Å². The molecule has 0 aliphatic heterocycles. The normalized spacial score (nSPS) is 26.9. The molecule has 0 aromatic heterocycles. The van der Waals surface area contributed by atoms with E-state index in [1.165, 1.54) is 12.8 Å². The van der Waals surface area contributed by atoms with Gasteiger partial charge in [0, 0.05) is 13.2 Å². The first kappa shape index (κ1) is 11.3. The molecule has 0 radical (unpaired) electrons. The van der Waals surface area contributed by atoms with Crippen molar-refractivity contribution in [1.82, 2.24) is 10.7 Å². The summed E-state index contributed by atoms with van der Waals surface area (Å²) in [5.41, 5.74) is 2.56. The third-order valence-corrected chi connectivity index (χ3v) is 2.42. The lowest BCUT2D eigenvalue weighted by Crippen LogP contribution is -2.50. The summed E-state index contributed by atoms with van der Waals surface area (Å²) in [6, 6.07) is 0.530. The highest BCUT2D eigenvalue weighted by atomic mass is 16.5. The van der Waals surface area contributed by atoms with Crippen LogP contribution in [0.1, 0.15) is 19.8 Å². The zero-order chi connectivity index (χ0) is 10.4. The molecule has 1 fully saturated rings. The first-order chi connectivity index (χ1) is 6.76. The van der Waals surface area contributed by atoms with Crippen molar-refractivity contribution in [3.05, 3.63) is 0 Å². The Balaban J connectivity index is 2.20. The van der Waals surface area contributed by atoms with E-state index in [4.69, 9.17) is 10.6 Å². The van der Waals surface area contributed by atoms with E-state index in [0.717, 1.165) is 5.92 Å². The summed E-state index contributed by atoms with van der Waals surface area (Å²) < 4.78 is 4.90. The van der Waals surface area contributed by atoms with Crippen LogP contribution in [0.2, 0.25) is 0 Å². The Morgan fingerprint density at radius 1 is 1.57 bits per heavy atom. The number of methoxy groups -OCH3 is 1. The molecule has 1 saturated carbocycles. The van der Waals surface area contributed by atoms with Crippen LogP contribution < -0.4 is 16.6 Å². The number of aliphatic imine (C=N–C) groups is 1. The molecule has 4 N–H and O–H groups in total. The first-order valence-corrected chi connectivity index (χ1v) is 5.02. The Morgan fingerprint density at radius 2 is 2.29 bits per heavy atom. The zero-order valence-electron chi connectivity index (χ0n) is 8.92. The summed E-state index contributed by atoms with van der Waals surface area (Å²) in [4.78, 5) is 4.22. The van der Waals surface area contributed by atoms with Crippen LogP contribution in [0.5, 0.6) is 0 Å². The van der Waals surface area contributed by atoms with Crippen LogP contribution >= 0.6 is 0 Å². The SMILES string of the molecule is COCCN=C(NN)NC1CC(C)C1. The van der Waals surface area contributed by atoms with Crippen LogP contribution in [0.3, 0.4) is 0 Å². The van der Waals surface area contributed by atoms with Gasteiger partial charge in [0.2, 0.25) is 5.96 Å². The average Bonchev–Trinajstić information content (AvgIpc) is 2.13. The molecule has 1 aliphatic carbocycles. The van der Waals surface area contributed by atoms with Gasteiger partial charge in [0.15, 0.2) is 0 Å². The van der Waals surface area contributed by atoms with E-state index in [2.05, 4.69) is 22.7 Å². The molecule has 0 saturated heterocycles. The Labute approximate surface area is 85.1 Å². The molecule has 0 unspecified atom stereocenters. The second-order valence-electron chi connectivity index (χ2n) is 3.79. The molecular weight excluding hydrogens is 180 g/mol. The van der Waals surface area contributed by atoms with Gasteiger partial charge >= 0.3 is 0 Å². The molecule has 0 aromatic carbocycles. The van der Waals surface area contributed by atoms with Gasteiger partial charge in [-0.15, -0.1) is 0 Å². The van der Waals surface area contributed by atoms with E-state index in [9.17, 15) is 0 Å². The van der Waals surface area contributed by atoms with E-state index in [1.807, 2.05) is 0 Å². The highest BCUT2D eigenvalue weighted by Gasteiger charge is 2.25. The van der Waals surface area contributed by atoms with Crippen LogP contribution in [-0.4, -0.2) is 32.3 Å². The molecule has 5 nitrogen and oxygen atoms in total. The zero-order valence-corrected chi connectivity index (χ0v) is 8.92. The summed E-state index contributed by atoms with van der Waals surface area (Å²) in [6.45, 7) is 3.50. The monoisotopic (exact) mass is 200 g/mol. The maximum absolute atomic E-state index is 5.33. The molecule has 0 atom stereocenters. The van der Waals surface area contributed by atoms with Crippen LogP contribution in [-0.2, 0) is 4.74 Å². The number of nitrogens with two attached hydrogens (primary N) is 1. The quantitative estimate of drug-likeness (QED) is 0.194. The fourth-order valence-corrected chi connectivity index (χ4v) is 1.60. The van der Waals surface area contributed by atoms with Crippen LogP contribution in [0, 0.1) is 5.92 Å². The van der Waals surface area contributed by atoms with Gasteiger partial charge < -0.3 is 10.1 Å². The number of guanidine groups is 1. The largest absolute Gasteiger partial charge is 0.383 e. The van der Waals surface area contributed by atoms with Crippen molar-refractivity contribution in [3.8, 4) is 0 Å². The molecule has 5 heteroatoms. The van der Waals surface area contributed by atoms with E-state index in [0.29, 0.717) is 25.2 Å². The molecule has 0 heterocycles. The highest BCUT2D eigenvalue weighted by Crippen LogP contribution is 2.25. The Hall–Kier alpha value is -0.810. The molecular formula is C9H20N4O. The predicted octanol–water partition coefficient (Wildman–Crippen LogP) is -0.160. The number of hydrogen-bond acceptors (Lipinski definition) is 3. The van der Waals surface area contributed by atoms with Crippen molar-refractivity contribution in [1.29, 1.82) is 0 Å². The van der Waals surface area contributed by atoms with Gasteiger partial charge in [0.05, 0.1) is 13.2 Å². The minimum absolute atomic E-state index is 0.530. The van der Waals surface area contributed by atoms with Crippen molar-refractivity contribution in [2.24, 2.45) is 16.8 Å². The Morgan fingerprint density at radius 3 is 2.79 bits per heavy atom. The summed E-state index contributed by atoms with van der Waals surface area (Å²) in [5, 5.41) is 3.25. The molecule has 0 spiro atoms. The average molecular weight is 200 g/mol. The smallest absolute Gasteiger partial charge is 0.206 e. The lowest BCUT2D eigenvalue weighted by Gasteiger charge is -2.34. The lowest BCUT2D eigenvalue weighted by molar-refractivity contribution is 0.207. The van der Waals surface area contributed by atoms with Crippen molar-refractivity contribution >= 4 is 5.96 Å². The fourth-order valence-electron chi connectivity index (χ4n) is 1.60. The molecule has 14 heavy (non-hydrogen) atoms.